The molecular formula is C11H15NO. The van der Waals surface area contributed by atoms with Gasteiger partial charge in [0.05, 0.1) is 6.10 Å². The Morgan fingerprint density at radius 1 is 1.31 bits per heavy atom. The third kappa shape index (κ3) is 2.54. The molecule has 1 fully saturated rings. The zero-order chi connectivity index (χ0) is 9.10. The predicted octanol–water partition coefficient (Wildman–Crippen LogP) is 1.47. The fourth-order valence-electron chi connectivity index (χ4n) is 1.36. The highest BCUT2D eigenvalue weighted by Crippen LogP contribution is 2.20. The first kappa shape index (κ1) is 8.73. The van der Waals surface area contributed by atoms with Crippen LogP contribution in [0.3, 0.4) is 0 Å². The van der Waals surface area contributed by atoms with Crippen LogP contribution in [-0.2, 0) is 0 Å². The van der Waals surface area contributed by atoms with Crippen molar-refractivity contribution in [2.75, 3.05) is 6.54 Å². The third-order valence-corrected chi connectivity index (χ3v) is 2.36. The monoisotopic (exact) mass is 177 g/mol. The Morgan fingerprint density at radius 3 is 2.62 bits per heavy atom. The van der Waals surface area contributed by atoms with E-state index in [1.54, 1.807) is 0 Å². The van der Waals surface area contributed by atoms with E-state index in [0.717, 1.165) is 5.56 Å². The molecule has 1 saturated carbocycles. The van der Waals surface area contributed by atoms with Crippen molar-refractivity contribution in [2.45, 2.75) is 25.0 Å². The second kappa shape index (κ2) is 3.90. The minimum Gasteiger partial charge on any atom is -0.387 e. The van der Waals surface area contributed by atoms with Crippen molar-refractivity contribution in [2.24, 2.45) is 0 Å². The maximum absolute atomic E-state index is 9.73. The van der Waals surface area contributed by atoms with E-state index in [-0.39, 0.29) is 6.10 Å². The number of hydrogen-bond donors (Lipinski definition) is 2. The average Bonchev–Trinajstić information content (AvgIpc) is 2.99. The van der Waals surface area contributed by atoms with E-state index in [9.17, 15) is 5.11 Å². The van der Waals surface area contributed by atoms with Crippen LogP contribution >= 0.6 is 0 Å². The van der Waals surface area contributed by atoms with Gasteiger partial charge in [0, 0.05) is 12.6 Å². The molecule has 0 amide bonds. The van der Waals surface area contributed by atoms with Gasteiger partial charge in [-0.2, -0.15) is 0 Å². The lowest BCUT2D eigenvalue weighted by molar-refractivity contribution is 0.174. The van der Waals surface area contributed by atoms with Crippen molar-refractivity contribution in [3.63, 3.8) is 0 Å². The van der Waals surface area contributed by atoms with Crippen molar-refractivity contribution >= 4 is 0 Å². The molecule has 1 aliphatic rings. The number of hydrogen-bond acceptors (Lipinski definition) is 2. The summed E-state index contributed by atoms with van der Waals surface area (Å²) in [5.74, 6) is 0. The molecule has 0 bridgehead atoms. The number of nitrogens with one attached hydrogen (secondary N) is 1. The lowest BCUT2D eigenvalue weighted by Crippen LogP contribution is -2.23. The zero-order valence-corrected chi connectivity index (χ0v) is 7.61. The Balaban J connectivity index is 1.85. The van der Waals surface area contributed by atoms with Crippen molar-refractivity contribution in [1.29, 1.82) is 0 Å². The predicted molar refractivity (Wildman–Crippen MR) is 52.4 cm³/mol. The molecule has 2 heteroatoms. The molecule has 1 aromatic carbocycles. The number of benzene rings is 1. The molecule has 1 aliphatic carbocycles. The molecule has 1 atom stereocenters. The van der Waals surface area contributed by atoms with Crippen molar-refractivity contribution in [3.05, 3.63) is 35.9 Å². The van der Waals surface area contributed by atoms with Gasteiger partial charge in [0.15, 0.2) is 0 Å². The lowest BCUT2D eigenvalue weighted by atomic mass is 10.1. The van der Waals surface area contributed by atoms with Gasteiger partial charge in [-0.15, -0.1) is 0 Å². The summed E-state index contributed by atoms with van der Waals surface area (Å²) in [4.78, 5) is 0. The van der Waals surface area contributed by atoms with E-state index >= 15 is 0 Å². The van der Waals surface area contributed by atoms with Crippen LogP contribution in [0.2, 0.25) is 0 Å². The first-order valence-corrected chi connectivity index (χ1v) is 4.82. The SMILES string of the molecule is O[C@@H](CNC1CC1)c1ccccc1. The van der Waals surface area contributed by atoms with E-state index in [1.165, 1.54) is 12.8 Å². The molecule has 0 aromatic heterocycles. The summed E-state index contributed by atoms with van der Waals surface area (Å²) in [5, 5.41) is 13.0. The van der Waals surface area contributed by atoms with Crippen LogP contribution < -0.4 is 5.32 Å². The van der Waals surface area contributed by atoms with Gasteiger partial charge in [-0.25, -0.2) is 0 Å². The van der Waals surface area contributed by atoms with Gasteiger partial charge in [-0.1, -0.05) is 30.3 Å². The van der Waals surface area contributed by atoms with Gasteiger partial charge in [0.1, 0.15) is 0 Å². The lowest BCUT2D eigenvalue weighted by Gasteiger charge is -2.11. The molecule has 0 aliphatic heterocycles. The van der Waals surface area contributed by atoms with Gasteiger partial charge in [0.2, 0.25) is 0 Å². The van der Waals surface area contributed by atoms with Crippen molar-refractivity contribution in [1.82, 2.24) is 5.32 Å². The quantitative estimate of drug-likeness (QED) is 0.730. The molecular weight excluding hydrogens is 162 g/mol. The first-order valence-electron chi connectivity index (χ1n) is 4.82. The molecule has 0 spiro atoms. The maximum atomic E-state index is 9.73. The molecule has 0 radical (unpaired) electrons. The summed E-state index contributed by atoms with van der Waals surface area (Å²) in [5.41, 5.74) is 0.996. The summed E-state index contributed by atoms with van der Waals surface area (Å²) in [6.07, 6.45) is 2.17. The average molecular weight is 177 g/mol. The van der Waals surface area contributed by atoms with Gasteiger partial charge in [0.25, 0.3) is 0 Å². The summed E-state index contributed by atoms with van der Waals surface area (Å²) in [6, 6.07) is 10.5. The highest BCUT2D eigenvalue weighted by molar-refractivity contribution is 5.17. The standard InChI is InChI=1S/C11H15NO/c13-11(8-12-10-6-7-10)9-4-2-1-3-5-9/h1-5,10-13H,6-8H2/t11-/m0/s1. The summed E-state index contributed by atoms with van der Waals surface area (Å²) < 4.78 is 0. The fourth-order valence-corrected chi connectivity index (χ4v) is 1.36. The minimum atomic E-state index is -0.359. The van der Waals surface area contributed by atoms with E-state index < -0.39 is 0 Å². The van der Waals surface area contributed by atoms with Crippen molar-refractivity contribution in [3.8, 4) is 0 Å². The molecule has 70 valence electrons. The first-order chi connectivity index (χ1) is 6.36. The van der Waals surface area contributed by atoms with E-state index in [4.69, 9.17) is 0 Å². The van der Waals surface area contributed by atoms with Gasteiger partial charge in [-0.05, 0) is 18.4 Å². The molecule has 0 heterocycles. The fraction of sp³-hybridized carbons (Fsp3) is 0.455. The summed E-state index contributed by atoms with van der Waals surface area (Å²) in [7, 11) is 0. The Hall–Kier alpha value is -0.860. The Morgan fingerprint density at radius 2 is 2.00 bits per heavy atom. The molecule has 2 N–H and O–H groups in total. The summed E-state index contributed by atoms with van der Waals surface area (Å²) >= 11 is 0. The smallest absolute Gasteiger partial charge is 0.0914 e. The molecule has 0 saturated heterocycles. The second-order valence-electron chi connectivity index (χ2n) is 3.61. The highest BCUT2D eigenvalue weighted by Gasteiger charge is 2.21. The highest BCUT2D eigenvalue weighted by atomic mass is 16.3. The van der Waals surface area contributed by atoms with Gasteiger partial charge in [-0.3, -0.25) is 0 Å². The number of rotatable bonds is 4. The topological polar surface area (TPSA) is 32.3 Å². The van der Waals surface area contributed by atoms with E-state index in [0.29, 0.717) is 12.6 Å². The number of aliphatic hydroxyl groups is 1. The summed E-state index contributed by atoms with van der Waals surface area (Å²) in [6.45, 7) is 0.675. The van der Waals surface area contributed by atoms with Crippen LogP contribution in [0.5, 0.6) is 0 Å². The van der Waals surface area contributed by atoms with E-state index in [2.05, 4.69) is 5.32 Å². The number of aliphatic hydroxyl groups excluding tert-OH is 1. The zero-order valence-electron chi connectivity index (χ0n) is 7.61. The molecule has 2 nitrogen and oxygen atoms in total. The van der Waals surface area contributed by atoms with Crippen LogP contribution in [0.4, 0.5) is 0 Å². The van der Waals surface area contributed by atoms with Crippen LogP contribution in [0.25, 0.3) is 0 Å². The van der Waals surface area contributed by atoms with Gasteiger partial charge < -0.3 is 10.4 Å². The van der Waals surface area contributed by atoms with Crippen molar-refractivity contribution < 1.29 is 5.11 Å². The Labute approximate surface area is 78.6 Å². The molecule has 2 rings (SSSR count). The largest absolute Gasteiger partial charge is 0.387 e. The minimum absolute atomic E-state index is 0.359. The van der Waals surface area contributed by atoms with Crippen LogP contribution in [0, 0.1) is 0 Å². The Bertz CT molecular complexity index is 256. The van der Waals surface area contributed by atoms with Crippen LogP contribution in [0.15, 0.2) is 30.3 Å². The second-order valence-corrected chi connectivity index (χ2v) is 3.61. The molecule has 0 unspecified atom stereocenters. The normalized spacial score (nSPS) is 18.5. The van der Waals surface area contributed by atoms with Gasteiger partial charge >= 0.3 is 0 Å². The maximum Gasteiger partial charge on any atom is 0.0914 e. The molecule has 13 heavy (non-hydrogen) atoms. The third-order valence-electron chi connectivity index (χ3n) is 2.36. The van der Waals surface area contributed by atoms with E-state index in [1.807, 2.05) is 30.3 Å². The van der Waals surface area contributed by atoms with Crippen LogP contribution in [0.1, 0.15) is 24.5 Å². The Kier molecular flexibility index (Phi) is 2.62. The van der Waals surface area contributed by atoms with Crippen LogP contribution in [-0.4, -0.2) is 17.7 Å². The molecule has 1 aromatic rings.